The van der Waals surface area contributed by atoms with Crippen LogP contribution in [0, 0.1) is 0 Å². The Bertz CT molecular complexity index is 1260. The van der Waals surface area contributed by atoms with Crippen LogP contribution in [0.1, 0.15) is 6.92 Å². The predicted molar refractivity (Wildman–Crippen MR) is 121 cm³/mol. The monoisotopic (exact) mass is 474 g/mol. The number of carbonyl (C=O) groups excluding carboxylic acids is 1. The summed E-state index contributed by atoms with van der Waals surface area (Å²) in [4.78, 5) is 16.8. The van der Waals surface area contributed by atoms with E-state index in [9.17, 15) is 13.2 Å². The van der Waals surface area contributed by atoms with Crippen LogP contribution in [0.4, 0.5) is 5.69 Å². The number of hydrogen-bond acceptors (Lipinski definition) is 7. The molecule has 2 aromatic carbocycles. The number of ether oxygens (including phenoxy) is 2. The zero-order chi connectivity index (χ0) is 22.7. The van der Waals surface area contributed by atoms with Crippen molar-refractivity contribution >= 4 is 33.4 Å². The minimum Gasteiger partial charge on any atom is -0.486 e. The molecule has 168 valence electrons. The van der Waals surface area contributed by atoms with Crippen LogP contribution in [0.5, 0.6) is 11.5 Å². The van der Waals surface area contributed by atoms with E-state index in [4.69, 9.17) is 14.6 Å². The third-order valence-corrected chi connectivity index (χ3v) is 6.65. The van der Waals surface area contributed by atoms with Crippen molar-refractivity contribution in [3.8, 4) is 22.8 Å². The number of amides is 1. The van der Waals surface area contributed by atoms with Gasteiger partial charge in [0.2, 0.25) is 15.9 Å². The summed E-state index contributed by atoms with van der Waals surface area (Å²) in [7, 11) is -3.84. The molecule has 0 unspecified atom stereocenters. The smallest absolute Gasteiger partial charge is 0.238 e. The number of thioether (sulfide) groups is 1. The van der Waals surface area contributed by atoms with E-state index in [1.807, 2.05) is 29.7 Å². The fourth-order valence-corrected chi connectivity index (χ4v) is 4.69. The molecular formula is C21H22N4O5S2. The fraction of sp³-hybridized carbons (Fsp3) is 0.238. The van der Waals surface area contributed by atoms with Gasteiger partial charge in [0.25, 0.3) is 0 Å². The van der Waals surface area contributed by atoms with Gasteiger partial charge in [0.1, 0.15) is 13.2 Å². The maximum Gasteiger partial charge on any atom is 0.238 e. The lowest BCUT2D eigenvalue weighted by Gasteiger charge is -2.19. The predicted octanol–water partition coefficient (Wildman–Crippen LogP) is 2.72. The number of nitrogens with one attached hydrogen (secondary N) is 1. The molecule has 0 fully saturated rings. The first-order valence-electron chi connectivity index (χ1n) is 9.86. The largest absolute Gasteiger partial charge is 0.486 e. The summed E-state index contributed by atoms with van der Waals surface area (Å²) in [5.74, 6) is 1.25. The molecule has 4 rings (SSSR count). The molecule has 1 amide bonds. The van der Waals surface area contributed by atoms with Crippen LogP contribution in [-0.4, -0.2) is 42.8 Å². The van der Waals surface area contributed by atoms with E-state index in [0.29, 0.717) is 36.4 Å². The molecule has 9 nitrogen and oxygen atoms in total. The first-order chi connectivity index (χ1) is 15.3. The Balaban J connectivity index is 1.45. The van der Waals surface area contributed by atoms with Crippen molar-refractivity contribution < 1.29 is 22.7 Å². The van der Waals surface area contributed by atoms with E-state index >= 15 is 0 Å². The Kier molecular flexibility index (Phi) is 6.40. The molecule has 0 spiro atoms. The van der Waals surface area contributed by atoms with Crippen LogP contribution in [0.25, 0.3) is 11.3 Å². The van der Waals surface area contributed by atoms with E-state index in [1.165, 1.54) is 30.0 Å². The van der Waals surface area contributed by atoms with E-state index in [2.05, 4.69) is 10.3 Å². The summed E-state index contributed by atoms with van der Waals surface area (Å²) in [6.45, 7) is 3.73. The number of anilines is 1. The number of nitrogens with two attached hydrogens (primary N) is 1. The van der Waals surface area contributed by atoms with Gasteiger partial charge in [0.15, 0.2) is 16.7 Å². The maximum atomic E-state index is 12.4. The van der Waals surface area contributed by atoms with Crippen molar-refractivity contribution in [1.29, 1.82) is 0 Å². The average molecular weight is 475 g/mol. The molecule has 32 heavy (non-hydrogen) atoms. The van der Waals surface area contributed by atoms with Gasteiger partial charge in [-0.15, -0.1) is 0 Å². The van der Waals surface area contributed by atoms with Crippen LogP contribution < -0.4 is 19.9 Å². The van der Waals surface area contributed by atoms with Gasteiger partial charge in [-0.1, -0.05) is 17.8 Å². The Labute approximate surface area is 190 Å². The standard InChI is InChI=1S/C21H22N4O5S2/c1-2-25-17(14-6-7-18-19(10-14)30-9-8-29-18)12-23-21(25)31-13-20(26)24-15-4-3-5-16(11-15)32(22,27)28/h3-7,10-12H,2,8-9,13H2,1H3,(H,24,26)(H2,22,27,28). The fourth-order valence-electron chi connectivity index (χ4n) is 3.29. The van der Waals surface area contributed by atoms with Crippen LogP contribution >= 0.6 is 11.8 Å². The molecule has 0 radical (unpaired) electrons. The summed E-state index contributed by atoms with van der Waals surface area (Å²) >= 11 is 1.29. The van der Waals surface area contributed by atoms with Crippen molar-refractivity contribution in [3.05, 3.63) is 48.7 Å². The Morgan fingerprint density at radius 2 is 1.97 bits per heavy atom. The Morgan fingerprint density at radius 3 is 2.72 bits per heavy atom. The molecule has 0 saturated carbocycles. The van der Waals surface area contributed by atoms with Gasteiger partial charge < -0.3 is 19.4 Å². The zero-order valence-electron chi connectivity index (χ0n) is 17.3. The van der Waals surface area contributed by atoms with Gasteiger partial charge >= 0.3 is 0 Å². The normalized spacial score (nSPS) is 13.1. The molecule has 11 heteroatoms. The highest BCUT2D eigenvalue weighted by atomic mass is 32.2. The highest BCUT2D eigenvalue weighted by molar-refractivity contribution is 7.99. The number of aromatic nitrogens is 2. The molecule has 0 bridgehead atoms. The van der Waals surface area contributed by atoms with Gasteiger partial charge in [-0.2, -0.15) is 0 Å². The van der Waals surface area contributed by atoms with Gasteiger partial charge in [0, 0.05) is 17.8 Å². The number of primary sulfonamides is 1. The van der Waals surface area contributed by atoms with E-state index in [-0.39, 0.29) is 16.6 Å². The topological polar surface area (TPSA) is 126 Å². The Morgan fingerprint density at radius 1 is 1.19 bits per heavy atom. The molecule has 3 N–H and O–H groups in total. The zero-order valence-corrected chi connectivity index (χ0v) is 18.9. The summed E-state index contributed by atoms with van der Waals surface area (Å²) in [6, 6.07) is 11.6. The lowest BCUT2D eigenvalue weighted by Crippen LogP contribution is -2.16. The number of fused-ring (bicyclic) bond motifs is 1. The highest BCUT2D eigenvalue weighted by Crippen LogP contribution is 2.35. The quantitative estimate of drug-likeness (QED) is 0.504. The van der Waals surface area contributed by atoms with Crippen LogP contribution in [-0.2, 0) is 21.4 Å². The average Bonchev–Trinajstić information content (AvgIpc) is 3.20. The second kappa shape index (κ2) is 9.23. The number of benzene rings is 2. The van der Waals surface area contributed by atoms with Crippen molar-refractivity contribution in [2.24, 2.45) is 5.14 Å². The lowest BCUT2D eigenvalue weighted by atomic mass is 10.1. The lowest BCUT2D eigenvalue weighted by molar-refractivity contribution is -0.113. The third kappa shape index (κ3) is 4.90. The second-order valence-electron chi connectivity index (χ2n) is 6.94. The molecule has 0 aliphatic carbocycles. The highest BCUT2D eigenvalue weighted by Gasteiger charge is 2.17. The van der Waals surface area contributed by atoms with Crippen molar-refractivity contribution in [3.63, 3.8) is 0 Å². The number of hydrogen-bond donors (Lipinski definition) is 2. The number of imidazole rings is 1. The summed E-state index contributed by atoms with van der Waals surface area (Å²) < 4.78 is 36.2. The molecule has 1 aromatic heterocycles. The molecule has 1 aliphatic heterocycles. The second-order valence-corrected chi connectivity index (χ2v) is 9.44. The number of carbonyl (C=O) groups is 1. The van der Waals surface area contributed by atoms with Crippen molar-refractivity contribution in [2.75, 3.05) is 24.3 Å². The molecule has 0 atom stereocenters. The first kappa shape index (κ1) is 22.2. The van der Waals surface area contributed by atoms with Gasteiger partial charge in [0.05, 0.1) is 22.5 Å². The van der Waals surface area contributed by atoms with E-state index in [0.717, 1.165) is 17.0 Å². The summed E-state index contributed by atoms with van der Waals surface area (Å²) in [5, 5.41) is 8.53. The summed E-state index contributed by atoms with van der Waals surface area (Å²) in [6.07, 6.45) is 1.77. The SMILES string of the molecule is CCn1c(-c2ccc3c(c2)OCCO3)cnc1SCC(=O)Nc1cccc(S(N)(=O)=O)c1. The van der Waals surface area contributed by atoms with Crippen molar-refractivity contribution in [1.82, 2.24) is 9.55 Å². The molecule has 3 aromatic rings. The summed E-state index contributed by atoms with van der Waals surface area (Å²) in [5.41, 5.74) is 2.21. The minimum absolute atomic E-state index is 0.0615. The number of sulfonamides is 1. The van der Waals surface area contributed by atoms with E-state index < -0.39 is 10.0 Å². The molecule has 1 aliphatic rings. The van der Waals surface area contributed by atoms with Gasteiger partial charge in [-0.25, -0.2) is 18.5 Å². The molecule has 2 heterocycles. The Hall–Kier alpha value is -3.02. The van der Waals surface area contributed by atoms with Crippen LogP contribution in [0.3, 0.4) is 0 Å². The first-order valence-corrected chi connectivity index (χ1v) is 12.4. The maximum absolute atomic E-state index is 12.4. The van der Waals surface area contributed by atoms with Gasteiger partial charge in [-0.05, 0) is 43.3 Å². The van der Waals surface area contributed by atoms with E-state index in [1.54, 1.807) is 12.3 Å². The minimum atomic E-state index is -3.84. The number of rotatable bonds is 7. The van der Waals surface area contributed by atoms with Crippen molar-refractivity contribution in [2.45, 2.75) is 23.5 Å². The molecule has 0 saturated heterocycles. The third-order valence-electron chi connectivity index (χ3n) is 4.75. The van der Waals surface area contributed by atoms with Crippen LogP contribution in [0.15, 0.2) is 58.7 Å². The molecular weight excluding hydrogens is 452 g/mol. The number of nitrogens with zero attached hydrogens (tertiary/aromatic N) is 2. The van der Waals surface area contributed by atoms with Gasteiger partial charge in [-0.3, -0.25) is 4.79 Å². The van der Waals surface area contributed by atoms with Crippen LogP contribution in [0.2, 0.25) is 0 Å².